The smallest absolute Gasteiger partial charge is 0.264 e. The molecule has 9 heteroatoms. The first kappa shape index (κ1) is 18.9. The van der Waals surface area contributed by atoms with Crippen LogP contribution in [-0.4, -0.2) is 68.3 Å². The molecule has 0 unspecified atom stereocenters. The van der Waals surface area contributed by atoms with Crippen LogP contribution in [0.1, 0.15) is 0 Å². The molecule has 0 spiro atoms. The first-order chi connectivity index (χ1) is 10.1. The summed E-state index contributed by atoms with van der Waals surface area (Å²) in [5.41, 5.74) is 0. The van der Waals surface area contributed by atoms with Crippen molar-refractivity contribution in [1.29, 1.82) is 0 Å². The molecule has 1 aromatic carbocycles. The van der Waals surface area contributed by atoms with Crippen LogP contribution in [0.5, 0.6) is 5.75 Å². The Morgan fingerprint density at radius 2 is 1.73 bits per heavy atom. The van der Waals surface area contributed by atoms with Crippen molar-refractivity contribution in [3.8, 4) is 5.75 Å². The molecule has 0 saturated carbocycles. The van der Waals surface area contributed by atoms with Gasteiger partial charge in [-0.25, -0.2) is 23.1 Å². The summed E-state index contributed by atoms with van der Waals surface area (Å²) in [5.74, 6) is 0.424. The van der Waals surface area contributed by atoms with Crippen LogP contribution < -0.4 is 9.46 Å². The van der Waals surface area contributed by atoms with Gasteiger partial charge in [0.1, 0.15) is 6.61 Å². The minimum atomic E-state index is -3.68. The second-order valence-electron chi connectivity index (χ2n) is 4.00. The van der Waals surface area contributed by atoms with Gasteiger partial charge in [0.2, 0.25) is 5.95 Å². The van der Waals surface area contributed by atoms with Gasteiger partial charge in [0.25, 0.3) is 10.0 Å². The molecule has 0 saturated heterocycles. The fraction of sp³-hybridized carbons (Fsp3) is 0.231. The van der Waals surface area contributed by atoms with Gasteiger partial charge in [-0.05, 0) is 12.1 Å². The number of sulfonamides is 1. The largest absolute Gasteiger partial charge is 0.488 e. The maximum atomic E-state index is 12.1. The van der Waals surface area contributed by atoms with Crippen molar-refractivity contribution in [2.75, 3.05) is 25.0 Å². The van der Waals surface area contributed by atoms with Crippen LogP contribution in [-0.2, 0) is 14.8 Å². The van der Waals surface area contributed by atoms with E-state index in [1.54, 1.807) is 25.3 Å². The molecule has 7 nitrogen and oxygen atoms in total. The molecule has 0 amide bonds. The quantitative estimate of drug-likeness (QED) is 0.599. The molecule has 1 aromatic heterocycles. The van der Waals surface area contributed by atoms with E-state index in [9.17, 15) is 8.42 Å². The molecule has 0 atom stereocenters. The third-order valence-electron chi connectivity index (χ3n) is 2.46. The van der Waals surface area contributed by atoms with Crippen LogP contribution in [0.2, 0.25) is 0 Å². The Hall–Kier alpha value is -1.19. The molecule has 0 bridgehead atoms. The van der Waals surface area contributed by atoms with E-state index in [-0.39, 0.29) is 40.4 Å². The average Bonchev–Trinajstić information content (AvgIpc) is 2.50. The molecule has 0 aliphatic carbocycles. The fourth-order valence-electron chi connectivity index (χ4n) is 1.47. The predicted octanol–water partition coefficient (Wildman–Crippen LogP) is 0.922. The summed E-state index contributed by atoms with van der Waals surface area (Å²) in [6.07, 6.45) is 2.79. The number of rotatable bonds is 7. The fourth-order valence-corrected chi connectivity index (χ4v) is 2.44. The van der Waals surface area contributed by atoms with Crippen molar-refractivity contribution in [3.05, 3.63) is 42.7 Å². The average molecular weight is 332 g/mol. The van der Waals surface area contributed by atoms with Gasteiger partial charge in [0.05, 0.1) is 23.9 Å². The molecule has 2 rings (SSSR count). The maximum Gasteiger partial charge on any atom is 0.264 e. The van der Waals surface area contributed by atoms with Gasteiger partial charge in [0.15, 0.2) is 5.75 Å². The minimum Gasteiger partial charge on any atom is -0.488 e. The summed E-state index contributed by atoms with van der Waals surface area (Å²) < 4.78 is 36.5. The van der Waals surface area contributed by atoms with E-state index in [1.807, 2.05) is 0 Å². The molecule has 113 valence electrons. The molecule has 2 aromatic rings. The first-order valence-electron chi connectivity index (χ1n) is 6.13. The van der Waals surface area contributed by atoms with Gasteiger partial charge in [-0.3, -0.25) is 0 Å². The molecule has 1 N–H and O–H groups in total. The van der Waals surface area contributed by atoms with Gasteiger partial charge in [0, 0.05) is 36.7 Å². The summed E-state index contributed by atoms with van der Waals surface area (Å²) in [7, 11) is -2.11. The minimum absolute atomic E-state index is 0. The Balaban J connectivity index is 0.00000242. The third kappa shape index (κ3) is 5.54. The number of methoxy groups -OCH3 is 1. The zero-order chi connectivity index (χ0) is 15.1. The predicted molar refractivity (Wildman–Crippen MR) is 82.4 cm³/mol. The molecular formula is C13H15N3NaO4S. The molecule has 22 heavy (non-hydrogen) atoms. The van der Waals surface area contributed by atoms with E-state index in [1.165, 1.54) is 24.5 Å². The van der Waals surface area contributed by atoms with Crippen molar-refractivity contribution >= 4 is 45.5 Å². The van der Waals surface area contributed by atoms with Crippen molar-refractivity contribution in [3.63, 3.8) is 0 Å². The van der Waals surface area contributed by atoms with Gasteiger partial charge in [-0.1, -0.05) is 18.2 Å². The number of aromatic nitrogens is 2. The Kier molecular flexibility index (Phi) is 7.77. The summed E-state index contributed by atoms with van der Waals surface area (Å²) in [4.78, 5) is 7.95. The molecule has 0 aliphatic rings. The van der Waals surface area contributed by atoms with Gasteiger partial charge in [-0.2, -0.15) is 0 Å². The van der Waals surface area contributed by atoms with Crippen LogP contribution in [0, 0.1) is 0 Å². The van der Waals surface area contributed by atoms with Crippen LogP contribution >= 0.6 is 0 Å². The third-order valence-corrected chi connectivity index (χ3v) is 3.81. The van der Waals surface area contributed by atoms with E-state index >= 15 is 0 Å². The zero-order valence-electron chi connectivity index (χ0n) is 12.4. The topological polar surface area (TPSA) is 90.4 Å². The number of nitrogens with zero attached hydrogens (tertiary/aromatic N) is 2. The zero-order valence-corrected chi connectivity index (χ0v) is 15.2. The molecule has 0 aliphatic heterocycles. The van der Waals surface area contributed by atoms with Crippen molar-refractivity contribution in [1.82, 2.24) is 9.97 Å². The number of benzene rings is 1. The van der Waals surface area contributed by atoms with E-state index in [2.05, 4.69) is 14.7 Å². The standard InChI is InChI=1S/C13H15N3O4S.Na/c1-19-7-8-20-11-9-14-13(15-10-11)16-21(17,18)12-5-3-2-4-6-12;/h2-6,9-10H,7-8H2,1H3,(H,14,15,16);. The van der Waals surface area contributed by atoms with Gasteiger partial charge in [-0.15, -0.1) is 0 Å². The Labute approximate surface area is 151 Å². The second kappa shape index (κ2) is 9.06. The molecule has 0 fully saturated rings. The van der Waals surface area contributed by atoms with E-state index in [4.69, 9.17) is 9.47 Å². The number of nitrogens with one attached hydrogen (secondary N) is 1. The number of anilines is 1. The van der Waals surface area contributed by atoms with Crippen LogP contribution in [0.4, 0.5) is 5.95 Å². The van der Waals surface area contributed by atoms with Crippen LogP contribution in [0.15, 0.2) is 47.6 Å². The van der Waals surface area contributed by atoms with Crippen LogP contribution in [0.25, 0.3) is 0 Å². The Morgan fingerprint density at radius 1 is 1.09 bits per heavy atom. The van der Waals surface area contributed by atoms with Crippen LogP contribution in [0.3, 0.4) is 0 Å². The normalized spacial score (nSPS) is 10.6. The molecule has 1 radical (unpaired) electrons. The van der Waals surface area contributed by atoms with Gasteiger partial charge >= 0.3 is 0 Å². The van der Waals surface area contributed by atoms with E-state index in [0.717, 1.165) is 0 Å². The molecular weight excluding hydrogens is 317 g/mol. The monoisotopic (exact) mass is 332 g/mol. The van der Waals surface area contributed by atoms with E-state index in [0.29, 0.717) is 19.0 Å². The van der Waals surface area contributed by atoms with Crippen molar-refractivity contribution in [2.45, 2.75) is 4.90 Å². The SMILES string of the molecule is COCCOc1cnc(NS(=O)(=O)c2ccccc2)nc1.[Na]. The van der Waals surface area contributed by atoms with E-state index < -0.39 is 10.0 Å². The first-order valence-corrected chi connectivity index (χ1v) is 7.62. The molecule has 1 heterocycles. The van der Waals surface area contributed by atoms with Crippen molar-refractivity contribution in [2.24, 2.45) is 0 Å². The maximum absolute atomic E-state index is 12.1. The summed E-state index contributed by atoms with van der Waals surface area (Å²) >= 11 is 0. The van der Waals surface area contributed by atoms with Gasteiger partial charge < -0.3 is 9.47 Å². The number of hydrogen-bond donors (Lipinski definition) is 1. The Bertz CT molecular complexity index is 665. The number of ether oxygens (including phenoxy) is 2. The summed E-state index contributed by atoms with van der Waals surface area (Å²) in [6, 6.07) is 8.00. The second-order valence-corrected chi connectivity index (χ2v) is 5.68. The summed E-state index contributed by atoms with van der Waals surface area (Å²) in [5, 5.41) is 0. The Morgan fingerprint density at radius 3 is 2.32 bits per heavy atom. The summed E-state index contributed by atoms with van der Waals surface area (Å²) in [6.45, 7) is 0.817. The van der Waals surface area contributed by atoms with Crippen molar-refractivity contribution < 1.29 is 17.9 Å². The number of hydrogen-bond acceptors (Lipinski definition) is 6.